The van der Waals surface area contributed by atoms with E-state index in [9.17, 15) is 4.79 Å². The van der Waals surface area contributed by atoms with Crippen molar-refractivity contribution in [3.63, 3.8) is 0 Å². The standard InChI is InChI=1S/C18H24N4O/c1-20-9-4-6-15(20)16-7-5-11-22(16)18(23)12-14-13-21-10-3-2-8-17(21)19-14/h2-3,8,10,13,15-16H,4-7,9,11-12H2,1H3/t15-,16+/m1/s1. The molecule has 5 nitrogen and oxygen atoms in total. The average molecular weight is 312 g/mol. The van der Waals surface area contributed by atoms with Crippen LogP contribution >= 0.6 is 0 Å². The average Bonchev–Trinajstić information content (AvgIpc) is 3.24. The first-order valence-corrected chi connectivity index (χ1v) is 8.65. The fraction of sp³-hybridized carbons (Fsp3) is 0.556. The summed E-state index contributed by atoms with van der Waals surface area (Å²) in [6.07, 6.45) is 9.11. The van der Waals surface area contributed by atoms with Crippen LogP contribution in [0.2, 0.25) is 0 Å². The van der Waals surface area contributed by atoms with Crippen LogP contribution in [0.4, 0.5) is 0 Å². The largest absolute Gasteiger partial charge is 0.338 e. The van der Waals surface area contributed by atoms with Gasteiger partial charge in [0.25, 0.3) is 0 Å². The fourth-order valence-electron chi connectivity index (χ4n) is 4.25. The van der Waals surface area contributed by atoms with E-state index in [2.05, 4.69) is 21.8 Å². The molecule has 2 aromatic rings. The number of aromatic nitrogens is 2. The molecule has 23 heavy (non-hydrogen) atoms. The van der Waals surface area contributed by atoms with E-state index in [1.54, 1.807) is 0 Å². The molecule has 0 N–H and O–H groups in total. The van der Waals surface area contributed by atoms with E-state index in [4.69, 9.17) is 0 Å². The fourth-order valence-corrected chi connectivity index (χ4v) is 4.25. The van der Waals surface area contributed by atoms with Crippen molar-refractivity contribution in [3.8, 4) is 0 Å². The van der Waals surface area contributed by atoms with E-state index in [0.717, 1.165) is 37.3 Å². The maximum atomic E-state index is 12.8. The van der Waals surface area contributed by atoms with Crippen LogP contribution in [0.5, 0.6) is 0 Å². The Hall–Kier alpha value is -1.88. The van der Waals surface area contributed by atoms with Gasteiger partial charge in [0.1, 0.15) is 5.65 Å². The molecular weight excluding hydrogens is 288 g/mol. The molecule has 2 aromatic heterocycles. The smallest absolute Gasteiger partial charge is 0.228 e. The Balaban J connectivity index is 1.49. The van der Waals surface area contributed by atoms with E-state index in [0.29, 0.717) is 18.5 Å². The van der Waals surface area contributed by atoms with Crippen molar-refractivity contribution in [2.24, 2.45) is 0 Å². The van der Waals surface area contributed by atoms with Crippen molar-refractivity contribution in [1.29, 1.82) is 0 Å². The van der Waals surface area contributed by atoms with Gasteiger partial charge in [-0.05, 0) is 51.4 Å². The van der Waals surface area contributed by atoms with Crippen molar-refractivity contribution < 1.29 is 4.79 Å². The molecule has 4 rings (SSSR count). The Morgan fingerprint density at radius 1 is 1.22 bits per heavy atom. The summed E-state index contributed by atoms with van der Waals surface area (Å²) in [5.74, 6) is 0.233. The van der Waals surface area contributed by atoms with Crippen LogP contribution in [0.15, 0.2) is 30.6 Å². The zero-order valence-corrected chi connectivity index (χ0v) is 13.7. The van der Waals surface area contributed by atoms with Gasteiger partial charge in [-0.3, -0.25) is 4.79 Å². The van der Waals surface area contributed by atoms with Crippen LogP contribution in [0.25, 0.3) is 5.65 Å². The highest BCUT2D eigenvalue weighted by Gasteiger charge is 2.38. The SMILES string of the molecule is CN1CCC[C@@H]1[C@@H]1CCCN1C(=O)Cc1cn2ccccc2n1. The summed E-state index contributed by atoms with van der Waals surface area (Å²) in [4.78, 5) is 21.9. The summed E-state index contributed by atoms with van der Waals surface area (Å²) in [7, 11) is 2.20. The van der Waals surface area contributed by atoms with Crippen molar-refractivity contribution in [2.45, 2.75) is 44.2 Å². The topological polar surface area (TPSA) is 40.9 Å². The van der Waals surface area contributed by atoms with Crippen LogP contribution in [-0.2, 0) is 11.2 Å². The van der Waals surface area contributed by atoms with Gasteiger partial charge >= 0.3 is 0 Å². The molecule has 0 aromatic carbocycles. The second-order valence-corrected chi connectivity index (χ2v) is 6.86. The number of likely N-dealkylation sites (N-methyl/N-ethyl adjacent to an activating group) is 1. The van der Waals surface area contributed by atoms with Crippen LogP contribution in [0.1, 0.15) is 31.4 Å². The first kappa shape index (κ1) is 14.7. The van der Waals surface area contributed by atoms with Gasteiger partial charge in [0.05, 0.1) is 12.1 Å². The van der Waals surface area contributed by atoms with E-state index >= 15 is 0 Å². The molecule has 0 saturated carbocycles. The molecule has 4 heterocycles. The number of hydrogen-bond acceptors (Lipinski definition) is 3. The lowest BCUT2D eigenvalue weighted by Crippen LogP contribution is -2.47. The number of amides is 1. The predicted octanol–water partition coefficient (Wildman–Crippen LogP) is 1.96. The number of imidazole rings is 1. The first-order chi connectivity index (χ1) is 11.2. The molecule has 5 heteroatoms. The minimum atomic E-state index is 0.233. The number of rotatable bonds is 3. The molecular formula is C18H24N4O. The van der Waals surface area contributed by atoms with E-state index < -0.39 is 0 Å². The van der Waals surface area contributed by atoms with Crippen LogP contribution in [0, 0.1) is 0 Å². The van der Waals surface area contributed by atoms with Gasteiger partial charge in [-0.2, -0.15) is 0 Å². The third-order valence-corrected chi connectivity index (χ3v) is 5.39. The lowest BCUT2D eigenvalue weighted by Gasteiger charge is -2.33. The summed E-state index contributed by atoms with van der Waals surface area (Å²) in [6, 6.07) is 6.86. The minimum Gasteiger partial charge on any atom is -0.338 e. The van der Waals surface area contributed by atoms with Crippen molar-refractivity contribution >= 4 is 11.6 Å². The zero-order valence-electron chi connectivity index (χ0n) is 13.7. The molecule has 2 saturated heterocycles. The Labute approximate surface area is 136 Å². The molecule has 2 atom stereocenters. The van der Waals surface area contributed by atoms with Crippen LogP contribution in [-0.4, -0.2) is 57.3 Å². The first-order valence-electron chi connectivity index (χ1n) is 8.65. The Kier molecular flexibility index (Phi) is 3.81. The molecule has 0 bridgehead atoms. The van der Waals surface area contributed by atoms with Gasteiger partial charge in [-0.25, -0.2) is 4.98 Å². The van der Waals surface area contributed by atoms with Crippen molar-refractivity contribution in [3.05, 3.63) is 36.3 Å². The molecule has 1 amide bonds. The summed E-state index contributed by atoms with van der Waals surface area (Å²) in [5, 5.41) is 0. The molecule has 2 aliphatic heterocycles. The van der Waals surface area contributed by atoms with Crippen molar-refractivity contribution in [2.75, 3.05) is 20.1 Å². The molecule has 122 valence electrons. The number of likely N-dealkylation sites (tertiary alicyclic amines) is 2. The third kappa shape index (κ3) is 2.74. The van der Waals surface area contributed by atoms with Gasteiger partial charge in [0.2, 0.25) is 5.91 Å². The summed E-state index contributed by atoms with van der Waals surface area (Å²) in [5.41, 5.74) is 1.77. The van der Waals surface area contributed by atoms with Gasteiger partial charge in [0, 0.05) is 31.0 Å². The molecule has 0 radical (unpaired) electrons. The Morgan fingerprint density at radius 3 is 2.83 bits per heavy atom. The highest BCUT2D eigenvalue weighted by Crippen LogP contribution is 2.29. The molecule has 0 unspecified atom stereocenters. The number of carbonyl (C=O) groups is 1. The van der Waals surface area contributed by atoms with Crippen LogP contribution < -0.4 is 0 Å². The molecule has 2 aliphatic rings. The number of fused-ring (bicyclic) bond motifs is 1. The summed E-state index contributed by atoms with van der Waals surface area (Å²) < 4.78 is 1.98. The quantitative estimate of drug-likeness (QED) is 0.870. The maximum Gasteiger partial charge on any atom is 0.228 e. The number of hydrogen-bond donors (Lipinski definition) is 0. The minimum absolute atomic E-state index is 0.233. The molecule has 2 fully saturated rings. The van der Waals surface area contributed by atoms with Gasteiger partial charge < -0.3 is 14.2 Å². The van der Waals surface area contributed by atoms with Gasteiger partial charge in [0.15, 0.2) is 0 Å². The number of pyridine rings is 1. The van der Waals surface area contributed by atoms with Crippen molar-refractivity contribution in [1.82, 2.24) is 19.2 Å². The number of carbonyl (C=O) groups excluding carboxylic acids is 1. The normalized spacial score (nSPS) is 25.5. The zero-order chi connectivity index (χ0) is 15.8. The monoisotopic (exact) mass is 312 g/mol. The molecule has 0 aliphatic carbocycles. The second-order valence-electron chi connectivity index (χ2n) is 6.86. The van der Waals surface area contributed by atoms with E-state index in [-0.39, 0.29) is 5.91 Å². The van der Waals surface area contributed by atoms with E-state index in [1.165, 1.54) is 12.8 Å². The lowest BCUT2D eigenvalue weighted by molar-refractivity contribution is -0.132. The van der Waals surface area contributed by atoms with Gasteiger partial charge in [-0.1, -0.05) is 6.07 Å². The highest BCUT2D eigenvalue weighted by molar-refractivity contribution is 5.79. The van der Waals surface area contributed by atoms with E-state index in [1.807, 2.05) is 35.0 Å². The lowest BCUT2D eigenvalue weighted by atomic mass is 10.0. The predicted molar refractivity (Wildman–Crippen MR) is 89.3 cm³/mol. The summed E-state index contributed by atoms with van der Waals surface area (Å²) in [6.45, 7) is 2.07. The van der Waals surface area contributed by atoms with Crippen LogP contribution in [0.3, 0.4) is 0 Å². The second kappa shape index (κ2) is 5.96. The van der Waals surface area contributed by atoms with Gasteiger partial charge in [-0.15, -0.1) is 0 Å². The highest BCUT2D eigenvalue weighted by atomic mass is 16.2. The summed E-state index contributed by atoms with van der Waals surface area (Å²) >= 11 is 0. The maximum absolute atomic E-state index is 12.8. The third-order valence-electron chi connectivity index (χ3n) is 5.39. The Bertz CT molecular complexity index is 677. The number of nitrogens with zero attached hydrogens (tertiary/aromatic N) is 4. The molecule has 0 spiro atoms. The Morgan fingerprint density at radius 2 is 2.04 bits per heavy atom.